The molecule has 13 nitrogen and oxygen atoms in total. The third-order valence-corrected chi connectivity index (χ3v) is 11.3. The average Bonchev–Trinajstić information content (AvgIpc) is 4.24. The molecule has 0 heterocycles. The molecule has 5 N–H and O–H groups in total. The zero-order chi connectivity index (χ0) is 55.6. The molecule has 410 valence electrons. The van der Waals surface area contributed by atoms with Crippen LogP contribution in [0.3, 0.4) is 0 Å². The summed E-state index contributed by atoms with van der Waals surface area (Å²) in [6, 6.07) is 4.94. The minimum absolute atomic E-state index is 0.0776. The molecule has 2 fully saturated rings. The van der Waals surface area contributed by atoms with Gasteiger partial charge in [-0.1, -0.05) is 196 Å². The van der Waals surface area contributed by atoms with Gasteiger partial charge in [0.15, 0.2) is 6.04 Å². The Morgan fingerprint density at radius 1 is 0.740 bits per heavy atom. The van der Waals surface area contributed by atoms with E-state index >= 15 is 0 Å². The van der Waals surface area contributed by atoms with Crippen LogP contribution in [-0.2, 0) is 38.3 Å². The first-order valence-corrected chi connectivity index (χ1v) is 27.1. The summed E-state index contributed by atoms with van der Waals surface area (Å²) < 4.78 is 5.63. The van der Waals surface area contributed by atoms with Gasteiger partial charge in [0, 0.05) is 12.8 Å². The number of Topliss-reactive ketones (excluding diaryl/α,β-unsaturated/α-hetero) is 1. The van der Waals surface area contributed by atoms with E-state index in [1.54, 1.807) is 57.2 Å². The molecule has 2 aliphatic rings. The van der Waals surface area contributed by atoms with Crippen molar-refractivity contribution in [1.29, 1.82) is 0 Å². The third-order valence-electron chi connectivity index (χ3n) is 11.3. The lowest BCUT2D eigenvalue weighted by atomic mass is 10.0. The lowest BCUT2D eigenvalue weighted by Gasteiger charge is -2.27. The third kappa shape index (κ3) is 35.0. The highest BCUT2D eigenvalue weighted by Crippen LogP contribution is 2.31. The molecule has 0 spiro atoms. The highest BCUT2D eigenvalue weighted by atomic mass is 16.6. The molecule has 3 unspecified atom stereocenters. The Hall–Kier alpha value is -5.85. The van der Waals surface area contributed by atoms with E-state index in [1.165, 1.54) is 44.1 Å². The first kappa shape index (κ1) is 69.2. The number of carbonyl (C=O) groups is 7. The predicted molar refractivity (Wildman–Crippen MR) is 300 cm³/mol. The monoisotopic (exact) mass is 1020 g/mol. The van der Waals surface area contributed by atoms with Gasteiger partial charge in [-0.15, -0.1) is 0 Å². The van der Waals surface area contributed by atoms with Crippen molar-refractivity contribution in [1.82, 2.24) is 26.6 Å². The Kier molecular flexibility index (Phi) is 40.4. The van der Waals surface area contributed by atoms with Crippen molar-refractivity contribution in [2.45, 2.75) is 210 Å². The molecule has 2 saturated carbocycles. The molecule has 1 aromatic rings. The number of unbranched alkanes of at least 4 members (excludes halogenated alkanes) is 1. The van der Waals surface area contributed by atoms with Gasteiger partial charge in [0.1, 0.15) is 11.6 Å². The zero-order valence-electron chi connectivity index (χ0n) is 47.3. The van der Waals surface area contributed by atoms with Crippen LogP contribution in [-0.4, -0.2) is 72.1 Å². The van der Waals surface area contributed by atoms with E-state index in [0.29, 0.717) is 30.7 Å². The Morgan fingerprint density at radius 2 is 1.32 bits per heavy atom. The molecular weight excluding hydrogens is 919 g/mol. The molecule has 0 aromatic heterocycles. The van der Waals surface area contributed by atoms with E-state index < -0.39 is 65.7 Å². The van der Waals surface area contributed by atoms with Gasteiger partial charge in [0.2, 0.25) is 29.4 Å². The molecule has 2 aliphatic carbocycles. The zero-order valence-corrected chi connectivity index (χ0v) is 47.3. The van der Waals surface area contributed by atoms with E-state index in [-0.39, 0.29) is 31.7 Å². The highest BCUT2D eigenvalue weighted by Gasteiger charge is 2.32. The van der Waals surface area contributed by atoms with Crippen molar-refractivity contribution in [3.05, 3.63) is 108 Å². The summed E-state index contributed by atoms with van der Waals surface area (Å²) in [4.78, 5) is 91.6. The maximum absolute atomic E-state index is 13.8. The molecule has 0 saturated heterocycles. The van der Waals surface area contributed by atoms with Crippen LogP contribution in [0.15, 0.2) is 102 Å². The quantitative estimate of drug-likeness (QED) is 0.0344. The Labute approximate surface area is 441 Å². The molecule has 0 radical (unpaired) electrons. The fourth-order valence-corrected chi connectivity index (χ4v) is 6.46. The molecular formula is C60H97N5O8. The standard InChI is InChI=1S/C42H61N5O8.C8H12.C6H12.2C2H6/c1-8-11-18-34(48)43-26-35(49)45-33(25-30(20-19-28(4)5)24-23-29-21-22-29)39(52)46-32(15-9-2)38(51)40(53)44-27-36(50)47-37(31-16-13-12-14-17-31)41(54)55-42(6,7)10-3;1-4-6-7-8(3)5-2;1-2-4-6-5-3-1;2*1-2/h12-14,16-17,19-20,23-24,29,32-33,37H,8-11,15,18,21-22,25-27H2,1-7H3,(H,43,48)(H,44,53)(H,45,49)(H,46,52)(H,47,50);4-7H,1H2,2-3H3;1-6H2;2*1-2H3/b24-23?,30-20+;7-6-,8-5-;;;. The number of hydrogen-bond acceptors (Lipinski definition) is 8. The van der Waals surface area contributed by atoms with Gasteiger partial charge in [0.05, 0.1) is 19.1 Å². The van der Waals surface area contributed by atoms with Gasteiger partial charge in [-0.2, -0.15) is 0 Å². The number of esters is 1. The Morgan fingerprint density at radius 3 is 1.82 bits per heavy atom. The van der Waals surface area contributed by atoms with Crippen molar-refractivity contribution in [2.75, 3.05) is 13.1 Å². The largest absolute Gasteiger partial charge is 0.458 e. The number of benzene rings is 1. The van der Waals surface area contributed by atoms with Crippen LogP contribution in [0.25, 0.3) is 0 Å². The number of hydrogen-bond donors (Lipinski definition) is 5. The molecule has 5 amide bonds. The summed E-state index contributed by atoms with van der Waals surface area (Å²) in [5, 5.41) is 12.8. The molecule has 1 aromatic carbocycles. The van der Waals surface area contributed by atoms with Gasteiger partial charge in [-0.25, -0.2) is 4.79 Å². The predicted octanol–water partition coefficient (Wildman–Crippen LogP) is 11.7. The minimum atomic E-state index is -1.26. The first-order chi connectivity index (χ1) is 34.9. The minimum Gasteiger partial charge on any atom is -0.458 e. The molecule has 13 heteroatoms. The van der Waals surface area contributed by atoms with Crippen molar-refractivity contribution >= 4 is 41.3 Å². The summed E-state index contributed by atoms with van der Waals surface area (Å²) in [5.74, 6) is -4.60. The maximum atomic E-state index is 13.8. The smallest absolute Gasteiger partial charge is 0.333 e. The van der Waals surface area contributed by atoms with Gasteiger partial charge < -0.3 is 31.3 Å². The fourth-order valence-electron chi connectivity index (χ4n) is 6.46. The number of carbonyl (C=O) groups excluding carboxylic acids is 7. The van der Waals surface area contributed by atoms with Crippen molar-refractivity contribution in [3.63, 3.8) is 0 Å². The van der Waals surface area contributed by atoms with Gasteiger partial charge in [-0.05, 0) is 90.7 Å². The van der Waals surface area contributed by atoms with E-state index in [9.17, 15) is 33.6 Å². The number of amides is 5. The first-order valence-electron chi connectivity index (χ1n) is 27.1. The van der Waals surface area contributed by atoms with Crippen LogP contribution in [0.5, 0.6) is 0 Å². The van der Waals surface area contributed by atoms with E-state index in [0.717, 1.165) is 30.4 Å². The van der Waals surface area contributed by atoms with E-state index in [1.807, 2.05) is 92.7 Å². The summed E-state index contributed by atoms with van der Waals surface area (Å²) in [7, 11) is 0. The summed E-state index contributed by atoms with van der Waals surface area (Å²) >= 11 is 0. The van der Waals surface area contributed by atoms with Crippen LogP contribution in [0, 0.1) is 5.92 Å². The SMILES string of the molecule is C1CCCCC1.C=C/C=C\C(C)=C/C.CC.CC.CCCCC(=O)NCC(=O)NC(C/C(C=CC1CC1)=C/C=C(C)C)C(=O)NC(CCC)C(=O)C(=O)NCC(=O)NC(C(=O)OC(C)(C)CC)c1ccccc1. The van der Waals surface area contributed by atoms with Crippen LogP contribution < -0.4 is 26.6 Å². The second-order valence-corrected chi connectivity index (χ2v) is 18.5. The van der Waals surface area contributed by atoms with E-state index in [2.05, 4.69) is 52.2 Å². The van der Waals surface area contributed by atoms with E-state index in [4.69, 9.17) is 4.74 Å². The lowest BCUT2D eigenvalue weighted by Crippen LogP contribution is -2.55. The number of nitrogens with one attached hydrogen (secondary N) is 5. The molecule has 0 bridgehead atoms. The van der Waals surface area contributed by atoms with Crippen LogP contribution in [0.1, 0.15) is 198 Å². The summed E-state index contributed by atoms with van der Waals surface area (Å²) in [6.45, 7) is 27.6. The molecule has 73 heavy (non-hydrogen) atoms. The molecule has 3 rings (SSSR count). The Bertz CT molecular complexity index is 1920. The fraction of sp³-hybridized carbons (Fsp3) is 0.583. The van der Waals surface area contributed by atoms with Crippen molar-refractivity contribution in [2.24, 2.45) is 5.92 Å². The second kappa shape index (κ2) is 42.6. The van der Waals surface area contributed by atoms with Gasteiger partial charge in [-0.3, -0.25) is 28.8 Å². The number of ether oxygens (including phenoxy) is 1. The summed E-state index contributed by atoms with van der Waals surface area (Å²) in [6.07, 6.45) is 29.6. The normalized spacial score (nSPS) is 14.4. The van der Waals surface area contributed by atoms with Crippen LogP contribution >= 0.6 is 0 Å². The van der Waals surface area contributed by atoms with Crippen molar-refractivity contribution < 1.29 is 38.3 Å². The Balaban J connectivity index is 0. The average molecular weight is 1020 g/mol. The van der Waals surface area contributed by atoms with Crippen LogP contribution in [0.2, 0.25) is 0 Å². The number of rotatable bonds is 26. The van der Waals surface area contributed by atoms with Crippen molar-refractivity contribution in [3.8, 4) is 0 Å². The topological polar surface area (TPSA) is 189 Å². The summed E-state index contributed by atoms with van der Waals surface area (Å²) in [5.41, 5.74) is 2.75. The lowest BCUT2D eigenvalue weighted by molar-refractivity contribution is -0.160. The maximum Gasteiger partial charge on any atom is 0.333 e. The van der Waals surface area contributed by atoms with Crippen LogP contribution in [0.4, 0.5) is 0 Å². The highest BCUT2D eigenvalue weighted by molar-refractivity contribution is 6.38. The van der Waals surface area contributed by atoms with Gasteiger partial charge in [0.25, 0.3) is 5.91 Å². The molecule has 3 atom stereocenters. The number of allylic oxidation sites excluding steroid dienone is 10. The molecule has 0 aliphatic heterocycles. The number of ketones is 1. The second-order valence-electron chi connectivity index (χ2n) is 18.5. The van der Waals surface area contributed by atoms with Gasteiger partial charge >= 0.3 is 5.97 Å².